The molecule has 2 nitrogen and oxygen atoms in total. The number of carbonyl (C=O) groups excluding carboxylic acids is 1. The van der Waals surface area contributed by atoms with Gasteiger partial charge in [-0.25, -0.2) is 0 Å². The van der Waals surface area contributed by atoms with Crippen LogP contribution in [-0.2, 0) is 6.42 Å². The van der Waals surface area contributed by atoms with E-state index in [0.29, 0.717) is 6.04 Å². The quantitative estimate of drug-likeness (QED) is 0.754. The second kappa shape index (κ2) is 6.35. The van der Waals surface area contributed by atoms with Crippen LogP contribution in [0.2, 0.25) is 0 Å². The highest BCUT2D eigenvalue weighted by molar-refractivity contribution is 9.10. The Balaban J connectivity index is 2.20. The van der Waals surface area contributed by atoms with Crippen molar-refractivity contribution in [1.82, 2.24) is 0 Å². The number of carbonyl (C=O) groups is 1. The van der Waals surface area contributed by atoms with Gasteiger partial charge in [-0.15, -0.1) is 11.3 Å². The first-order valence-electron chi connectivity index (χ1n) is 6.11. The number of halogens is 1. The summed E-state index contributed by atoms with van der Waals surface area (Å²) in [5.41, 5.74) is 1.69. The van der Waals surface area contributed by atoms with E-state index in [-0.39, 0.29) is 0 Å². The minimum Gasteiger partial charge on any atom is -0.371 e. The minimum atomic E-state index is 0.339. The van der Waals surface area contributed by atoms with Crippen molar-refractivity contribution in [2.45, 2.75) is 19.4 Å². The normalized spacial score (nSPS) is 12.2. The number of hydrogen-bond donors (Lipinski definition) is 0. The Hall–Kier alpha value is -1.13. The fourth-order valence-corrected chi connectivity index (χ4v) is 3.19. The molecule has 0 radical (unpaired) electrons. The van der Waals surface area contributed by atoms with Crippen molar-refractivity contribution in [2.75, 3.05) is 11.9 Å². The van der Waals surface area contributed by atoms with Gasteiger partial charge in [0, 0.05) is 40.1 Å². The van der Waals surface area contributed by atoms with Gasteiger partial charge in [-0.2, -0.15) is 0 Å². The average molecular weight is 338 g/mol. The standard InChI is InChI=1S/C15H16BrNOS/c1-11(8-14-4-3-7-19-14)17(2)15-9-13(16)6-5-12(15)10-18/h3-7,9-11H,8H2,1-2H3. The maximum atomic E-state index is 11.1. The highest BCUT2D eigenvalue weighted by Crippen LogP contribution is 2.26. The number of aldehydes is 1. The van der Waals surface area contributed by atoms with Crippen LogP contribution in [0.3, 0.4) is 0 Å². The van der Waals surface area contributed by atoms with Crippen LogP contribution < -0.4 is 4.90 Å². The van der Waals surface area contributed by atoms with E-state index in [1.165, 1.54) is 4.88 Å². The fraction of sp³-hybridized carbons (Fsp3) is 0.267. The Bertz CT molecular complexity index is 553. The zero-order valence-electron chi connectivity index (χ0n) is 11.0. The maximum Gasteiger partial charge on any atom is 0.152 e. The first-order chi connectivity index (χ1) is 9.11. The highest BCUT2D eigenvalue weighted by Gasteiger charge is 2.14. The van der Waals surface area contributed by atoms with Crippen molar-refractivity contribution in [3.63, 3.8) is 0 Å². The second-order valence-corrected chi connectivity index (χ2v) is 6.51. The Morgan fingerprint density at radius 3 is 2.84 bits per heavy atom. The number of hydrogen-bond acceptors (Lipinski definition) is 3. The molecular weight excluding hydrogens is 322 g/mol. The summed E-state index contributed by atoms with van der Waals surface area (Å²) in [5.74, 6) is 0. The number of anilines is 1. The monoisotopic (exact) mass is 337 g/mol. The van der Waals surface area contributed by atoms with E-state index >= 15 is 0 Å². The van der Waals surface area contributed by atoms with Crippen LogP contribution in [0.5, 0.6) is 0 Å². The molecule has 0 aliphatic heterocycles. The van der Waals surface area contributed by atoms with Crippen LogP contribution >= 0.6 is 27.3 Å². The van der Waals surface area contributed by atoms with Gasteiger partial charge in [0.2, 0.25) is 0 Å². The first-order valence-corrected chi connectivity index (χ1v) is 7.79. The van der Waals surface area contributed by atoms with E-state index in [2.05, 4.69) is 45.3 Å². The molecule has 4 heteroatoms. The van der Waals surface area contributed by atoms with Gasteiger partial charge in [0.1, 0.15) is 0 Å². The molecule has 0 bridgehead atoms. The van der Waals surface area contributed by atoms with Gasteiger partial charge >= 0.3 is 0 Å². The third-order valence-corrected chi connectivity index (χ3v) is 4.63. The number of nitrogens with zero attached hydrogens (tertiary/aromatic N) is 1. The van der Waals surface area contributed by atoms with Gasteiger partial charge in [0.25, 0.3) is 0 Å². The minimum absolute atomic E-state index is 0.339. The molecule has 2 rings (SSSR count). The van der Waals surface area contributed by atoms with Gasteiger partial charge < -0.3 is 4.90 Å². The summed E-state index contributed by atoms with van der Waals surface area (Å²) in [6, 6.07) is 10.3. The van der Waals surface area contributed by atoms with Crippen LogP contribution in [0.1, 0.15) is 22.2 Å². The zero-order chi connectivity index (χ0) is 13.8. The molecule has 1 aromatic carbocycles. The smallest absolute Gasteiger partial charge is 0.152 e. The molecule has 0 amide bonds. The van der Waals surface area contributed by atoms with Gasteiger partial charge in [0.15, 0.2) is 6.29 Å². The van der Waals surface area contributed by atoms with Crippen molar-refractivity contribution in [3.05, 3.63) is 50.6 Å². The molecule has 2 aromatic rings. The third-order valence-electron chi connectivity index (χ3n) is 3.24. The maximum absolute atomic E-state index is 11.1. The van der Waals surface area contributed by atoms with E-state index in [9.17, 15) is 4.79 Å². The SMILES string of the molecule is CC(Cc1cccs1)N(C)c1cc(Br)ccc1C=O. The van der Waals surface area contributed by atoms with Gasteiger partial charge in [-0.3, -0.25) is 4.79 Å². The second-order valence-electron chi connectivity index (χ2n) is 4.56. The molecule has 19 heavy (non-hydrogen) atoms. The summed E-state index contributed by atoms with van der Waals surface area (Å²) in [7, 11) is 2.03. The summed E-state index contributed by atoms with van der Waals surface area (Å²) < 4.78 is 0.989. The molecule has 0 fully saturated rings. The van der Waals surface area contributed by atoms with Gasteiger partial charge in [-0.05, 0) is 36.6 Å². The molecular formula is C15H16BrNOS. The summed E-state index contributed by atoms with van der Waals surface area (Å²) in [6.07, 6.45) is 1.90. The van der Waals surface area contributed by atoms with Crippen molar-refractivity contribution in [3.8, 4) is 0 Å². The van der Waals surface area contributed by atoms with E-state index in [4.69, 9.17) is 0 Å². The molecule has 0 aliphatic carbocycles. The summed E-state index contributed by atoms with van der Waals surface area (Å²) in [6.45, 7) is 2.18. The number of benzene rings is 1. The zero-order valence-corrected chi connectivity index (χ0v) is 13.4. The van der Waals surface area contributed by atoms with Crippen LogP contribution in [0.4, 0.5) is 5.69 Å². The van der Waals surface area contributed by atoms with E-state index < -0.39 is 0 Å². The Morgan fingerprint density at radius 2 is 2.21 bits per heavy atom. The van der Waals surface area contributed by atoms with E-state index in [1.807, 2.05) is 25.2 Å². The molecule has 100 valence electrons. The van der Waals surface area contributed by atoms with Crippen molar-refractivity contribution >= 4 is 39.2 Å². The Kier molecular flexibility index (Phi) is 4.77. The van der Waals surface area contributed by atoms with Crippen molar-refractivity contribution in [1.29, 1.82) is 0 Å². The largest absolute Gasteiger partial charge is 0.371 e. The summed E-state index contributed by atoms with van der Waals surface area (Å²) in [4.78, 5) is 14.7. The molecule has 1 unspecified atom stereocenters. The number of rotatable bonds is 5. The highest BCUT2D eigenvalue weighted by atomic mass is 79.9. The predicted octanol–water partition coefficient (Wildman–Crippen LogP) is 4.39. The van der Waals surface area contributed by atoms with E-state index in [0.717, 1.165) is 28.4 Å². The van der Waals surface area contributed by atoms with Gasteiger partial charge in [0.05, 0.1) is 0 Å². The fourth-order valence-electron chi connectivity index (χ4n) is 2.02. The van der Waals surface area contributed by atoms with Crippen LogP contribution in [0.25, 0.3) is 0 Å². The molecule has 1 heterocycles. The lowest BCUT2D eigenvalue weighted by molar-refractivity contribution is 0.112. The molecule has 0 spiro atoms. The Morgan fingerprint density at radius 1 is 1.42 bits per heavy atom. The molecule has 1 atom stereocenters. The molecule has 0 saturated heterocycles. The Labute approximate surface area is 126 Å². The summed E-state index contributed by atoms with van der Waals surface area (Å²) in [5, 5.41) is 2.10. The van der Waals surface area contributed by atoms with Crippen LogP contribution in [0.15, 0.2) is 40.2 Å². The number of likely N-dealkylation sites (N-methyl/N-ethyl adjacent to an activating group) is 1. The third kappa shape index (κ3) is 3.45. The van der Waals surface area contributed by atoms with E-state index in [1.54, 1.807) is 11.3 Å². The molecule has 0 aliphatic rings. The average Bonchev–Trinajstić information content (AvgIpc) is 2.90. The van der Waals surface area contributed by atoms with Gasteiger partial charge in [-0.1, -0.05) is 22.0 Å². The van der Waals surface area contributed by atoms with Crippen molar-refractivity contribution < 1.29 is 4.79 Å². The lowest BCUT2D eigenvalue weighted by atomic mass is 10.1. The summed E-state index contributed by atoms with van der Waals surface area (Å²) >= 11 is 5.23. The topological polar surface area (TPSA) is 20.3 Å². The molecule has 0 saturated carbocycles. The predicted molar refractivity (Wildman–Crippen MR) is 85.4 cm³/mol. The molecule has 0 N–H and O–H groups in total. The molecule has 1 aromatic heterocycles. The lowest BCUT2D eigenvalue weighted by Crippen LogP contribution is -2.31. The van der Waals surface area contributed by atoms with Crippen LogP contribution in [-0.4, -0.2) is 19.4 Å². The number of thiophene rings is 1. The van der Waals surface area contributed by atoms with Crippen molar-refractivity contribution in [2.24, 2.45) is 0 Å². The van der Waals surface area contributed by atoms with Crippen LogP contribution in [0, 0.1) is 0 Å². The lowest BCUT2D eigenvalue weighted by Gasteiger charge is -2.28. The first kappa shape index (κ1) is 14.3.